The first-order valence-corrected chi connectivity index (χ1v) is 7.72. The van der Waals surface area contributed by atoms with Crippen LogP contribution in [0.1, 0.15) is 45.3 Å². The van der Waals surface area contributed by atoms with E-state index in [1.807, 2.05) is 20.8 Å². The molecule has 0 spiro atoms. The minimum absolute atomic E-state index is 0.0740. The van der Waals surface area contributed by atoms with Crippen molar-refractivity contribution in [3.63, 3.8) is 0 Å². The van der Waals surface area contributed by atoms with E-state index in [1.165, 1.54) is 4.90 Å². The summed E-state index contributed by atoms with van der Waals surface area (Å²) >= 11 is 0. The maximum absolute atomic E-state index is 12.1. The Bertz CT molecular complexity index is 564. The third-order valence-electron chi connectivity index (χ3n) is 3.61. The quantitative estimate of drug-likeness (QED) is 0.860. The van der Waals surface area contributed by atoms with Gasteiger partial charge in [0.15, 0.2) is 11.9 Å². The minimum atomic E-state index is -1.04. The number of aliphatic carboxylic acids is 1. The number of nitrogens with zero attached hydrogens (tertiary/aromatic N) is 3. The van der Waals surface area contributed by atoms with E-state index in [9.17, 15) is 9.59 Å². The summed E-state index contributed by atoms with van der Waals surface area (Å²) < 4.78 is 10.3. The van der Waals surface area contributed by atoms with Gasteiger partial charge in [-0.1, -0.05) is 25.9 Å². The molecule has 0 bridgehead atoms. The molecule has 1 unspecified atom stereocenters. The molecule has 1 fully saturated rings. The van der Waals surface area contributed by atoms with Crippen molar-refractivity contribution in [2.75, 3.05) is 19.7 Å². The number of hydrogen-bond acceptors (Lipinski definition) is 6. The number of carbonyl (C=O) groups is 2. The maximum atomic E-state index is 12.1. The molecule has 1 saturated heterocycles. The van der Waals surface area contributed by atoms with Gasteiger partial charge in [-0.25, -0.2) is 4.79 Å². The molecule has 1 amide bonds. The van der Waals surface area contributed by atoms with Crippen LogP contribution in [0, 0.1) is 0 Å². The van der Waals surface area contributed by atoms with Crippen LogP contribution >= 0.6 is 0 Å². The zero-order valence-corrected chi connectivity index (χ0v) is 13.7. The van der Waals surface area contributed by atoms with Crippen molar-refractivity contribution in [3.05, 3.63) is 11.7 Å². The summed E-state index contributed by atoms with van der Waals surface area (Å²) in [7, 11) is 0. The van der Waals surface area contributed by atoms with E-state index in [0.29, 0.717) is 37.5 Å². The van der Waals surface area contributed by atoms with Crippen molar-refractivity contribution in [1.29, 1.82) is 0 Å². The SMILES string of the molecule is CC(C)(C)c1noc(CCCC(=O)N2CCOC(C(=O)O)C2)n1. The van der Waals surface area contributed by atoms with E-state index in [0.717, 1.165) is 0 Å². The number of morpholine rings is 1. The molecule has 2 rings (SSSR count). The van der Waals surface area contributed by atoms with E-state index < -0.39 is 12.1 Å². The van der Waals surface area contributed by atoms with Gasteiger partial charge in [0, 0.05) is 24.8 Å². The average Bonchev–Trinajstić information content (AvgIpc) is 2.96. The van der Waals surface area contributed by atoms with Crippen molar-refractivity contribution in [2.24, 2.45) is 0 Å². The fraction of sp³-hybridized carbons (Fsp3) is 0.733. The second kappa shape index (κ2) is 7.08. The molecule has 1 aliphatic heterocycles. The monoisotopic (exact) mass is 325 g/mol. The summed E-state index contributed by atoms with van der Waals surface area (Å²) in [5.41, 5.74) is -0.169. The number of carboxylic acids is 1. The largest absolute Gasteiger partial charge is 0.479 e. The fourth-order valence-corrected chi connectivity index (χ4v) is 2.24. The molecule has 1 aromatic rings. The lowest BCUT2D eigenvalue weighted by atomic mass is 9.96. The molecule has 1 N–H and O–H groups in total. The van der Waals surface area contributed by atoms with Crippen LogP contribution in [0.3, 0.4) is 0 Å². The lowest BCUT2D eigenvalue weighted by Gasteiger charge is -2.30. The van der Waals surface area contributed by atoms with Crippen molar-refractivity contribution in [1.82, 2.24) is 15.0 Å². The van der Waals surface area contributed by atoms with Crippen LogP contribution in [0.5, 0.6) is 0 Å². The van der Waals surface area contributed by atoms with Gasteiger partial charge in [0.1, 0.15) is 0 Å². The molecular formula is C15H23N3O5. The van der Waals surface area contributed by atoms with Crippen LogP contribution in [-0.2, 0) is 26.2 Å². The maximum Gasteiger partial charge on any atom is 0.334 e. The van der Waals surface area contributed by atoms with E-state index in [-0.39, 0.29) is 24.5 Å². The molecule has 8 nitrogen and oxygen atoms in total. The molecule has 2 heterocycles. The Labute approximate surface area is 134 Å². The van der Waals surface area contributed by atoms with E-state index >= 15 is 0 Å². The second-order valence-corrected chi connectivity index (χ2v) is 6.65. The molecule has 128 valence electrons. The number of amides is 1. The predicted octanol–water partition coefficient (Wildman–Crippen LogP) is 1.00. The van der Waals surface area contributed by atoms with Gasteiger partial charge < -0.3 is 19.3 Å². The van der Waals surface area contributed by atoms with Gasteiger partial charge in [0.05, 0.1) is 13.2 Å². The first-order chi connectivity index (χ1) is 10.8. The van der Waals surface area contributed by atoms with E-state index in [1.54, 1.807) is 0 Å². The molecule has 8 heteroatoms. The summed E-state index contributed by atoms with van der Waals surface area (Å²) in [6.45, 7) is 6.79. The molecular weight excluding hydrogens is 302 g/mol. The van der Waals surface area contributed by atoms with Crippen molar-refractivity contribution < 1.29 is 24.0 Å². The van der Waals surface area contributed by atoms with Crippen molar-refractivity contribution in [2.45, 2.75) is 51.6 Å². The summed E-state index contributed by atoms with van der Waals surface area (Å²) in [6, 6.07) is 0. The van der Waals surface area contributed by atoms with Crippen LogP contribution < -0.4 is 0 Å². The Kier molecular flexibility index (Phi) is 5.35. The van der Waals surface area contributed by atoms with Crippen molar-refractivity contribution >= 4 is 11.9 Å². The molecule has 1 atom stereocenters. The van der Waals surface area contributed by atoms with Gasteiger partial charge >= 0.3 is 5.97 Å². The van der Waals surface area contributed by atoms with Crippen LogP contribution in [0.25, 0.3) is 0 Å². The molecule has 0 aliphatic carbocycles. The molecule has 1 aromatic heterocycles. The minimum Gasteiger partial charge on any atom is -0.479 e. The summed E-state index contributed by atoms with van der Waals surface area (Å²) in [5.74, 6) is 0.0580. The number of hydrogen-bond donors (Lipinski definition) is 1. The molecule has 0 saturated carbocycles. The Hall–Kier alpha value is -1.96. The second-order valence-electron chi connectivity index (χ2n) is 6.65. The van der Waals surface area contributed by atoms with Crippen LogP contribution in [-0.4, -0.2) is 57.8 Å². The molecule has 23 heavy (non-hydrogen) atoms. The molecule has 0 radical (unpaired) electrons. The number of aromatic nitrogens is 2. The number of carboxylic acid groups (broad SMARTS) is 1. The zero-order valence-electron chi connectivity index (χ0n) is 13.7. The van der Waals surface area contributed by atoms with Crippen LogP contribution in [0.2, 0.25) is 0 Å². The Balaban J connectivity index is 1.78. The lowest BCUT2D eigenvalue weighted by molar-refractivity contribution is -0.159. The third-order valence-corrected chi connectivity index (χ3v) is 3.61. The van der Waals surface area contributed by atoms with Crippen molar-refractivity contribution in [3.8, 4) is 0 Å². The topological polar surface area (TPSA) is 106 Å². The highest BCUT2D eigenvalue weighted by atomic mass is 16.5. The van der Waals surface area contributed by atoms with Crippen LogP contribution in [0.4, 0.5) is 0 Å². The summed E-state index contributed by atoms with van der Waals surface area (Å²) in [5, 5.41) is 12.9. The molecule has 1 aliphatic rings. The third kappa shape index (κ3) is 4.75. The smallest absolute Gasteiger partial charge is 0.334 e. The predicted molar refractivity (Wildman–Crippen MR) is 79.9 cm³/mol. The summed E-state index contributed by atoms with van der Waals surface area (Å²) in [6.07, 6.45) is 0.499. The molecule has 0 aromatic carbocycles. The highest BCUT2D eigenvalue weighted by Crippen LogP contribution is 2.19. The first-order valence-electron chi connectivity index (χ1n) is 7.72. The fourth-order valence-electron chi connectivity index (χ4n) is 2.24. The number of rotatable bonds is 5. The van der Waals surface area contributed by atoms with Gasteiger partial charge in [-0.2, -0.15) is 4.98 Å². The van der Waals surface area contributed by atoms with E-state index in [4.69, 9.17) is 14.4 Å². The normalized spacial score (nSPS) is 18.9. The highest BCUT2D eigenvalue weighted by Gasteiger charge is 2.28. The Morgan fingerprint density at radius 1 is 1.39 bits per heavy atom. The zero-order chi connectivity index (χ0) is 17.0. The van der Waals surface area contributed by atoms with Gasteiger partial charge in [-0.3, -0.25) is 4.79 Å². The first kappa shape index (κ1) is 17.4. The Morgan fingerprint density at radius 2 is 2.13 bits per heavy atom. The number of aryl methyl sites for hydroxylation is 1. The Morgan fingerprint density at radius 3 is 2.74 bits per heavy atom. The van der Waals surface area contributed by atoms with Crippen LogP contribution in [0.15, 0.2) is 4.52 Å². The summed E-state index contributed by atoms with van der Waals surface area (Å²) in [4.78, 5) is 28.9. The standard InChI is InChI=1S/C15H23N3O5/c1-15(2,3)14-16-11(23-17-14)5-4-6-12(19)18-7-8-22-10(9-18)13(20)21/h10H,4-9H2,1-3H3,(H,20,21). The highest BCUT2D eigenvalue weighted by molar-refractivity contribution is 5.78. The number of carbonyl (C=O) groups excluding carboxylic acids is 1. The van der Waals surface area contributed by atoms with E-state index in [2.05, 4.69) is 10.1 Å². The van der Waals surface area contributed by atoms with Gasteiger partial charge in [0.25, 0.3) is 0 Å². The van der Waals surface area contributed by atoms with Gasteiger partial charge in [-0.05, 0) is 6.42 Å². The van der Waals surface area contributed by atoms with Gasteiger partial charge in [-0.15, -0.1) is 0 Å². The average molecular weight is 325 g/mol. The van der Waals surface area contributed by atoms with Gasteiger partial charge in [0.2, 0.25) is 11.8 Å². The lowest BCUT2D eigenvalue weighted by Crippen LogP contribution is -2.48. The number of ether oxygens (including phenoxy) is 1.